The normalized spacial score (nSPS) is 11.9. The molecule has 0 fully saturated rings. The number of hydrogen-bond acceptors (Lipinski definition) is 2. The summed E-state index contributed by atoms with van der Waals surface area (Å²) in [6, 6.07) is 2.39. The van der Waals surface area contributed by atoms with Crippen LogP contribution in [-0.4, -0.2) is 11.5 Å². The van der Waals surface area contributed by atoms with Gasteiger partial charge in [0.05, 0.1) is 5.52 Å². The maximum absolute atomic E-state index is 13.5. The summed E-state index contributed by atoms with van der Waals surface area (Å²) in [7, 11) is 0. The van der Waals surface area contributed by atoms with Crippen LogP contribution in [0.3, 0.4) is 0 Å². The fourth-order valence-corrected chi connectivity index (χ4v) is 2.27. The highest BCUT2D eigenvalue weighted by molar-refractivity contribution is 5.95. The summed E-state index contributed by atoms with van der Waals surface area (Å²) in [4.78, 5) is 3.70. The lowest BCUT2D eigenvalue weighted by molar-refractivity contribution is -0.141. The van der Waals surface area contributed by atoms with Gasteiger partial charge in [-0.3, -0.25) is 0 Å². The quantitative estimate of drug-likeness (QED) is 0.825. The van der Waals surface area contributed by atoms with Gasteiger partial charge < -0.3 is 5.32 Å². The van der Waals surface area contributed by atoms with E-state index in [9.17, 15) is 17.6 Å². The molecule has 0 aliphatic rings. The molecule has 1 aromatic carbocycles. The summed E-state index contributed by atoms with van der Waals surface area (Å²) in [5, 5.41) is 3.25. The molecule has 2 nitrogen and oxygen atoms in total. The van der Waals surface area contributed by atoms with Crippen LogP contribution in [0.2, 0.25) is 0 Å². The molecule has 20 heavy (non-hydrogen) atoms. The number of aryl methyl sites for hydroxylation is 1. The number of rotatable bonds is 2. The van der Waals surface area contributed by atoms with Crippen LogP contribution in [0.25, 0.3) is 10.9 Å². The van der Waals surface area contributed by atoms with Crippen molar-refractivity contribution < 1.29 is 17.6 Å². The van der Waals surface area contributed by atoms with Gasteiger partial charge in [-0.15, -0.1) is 0 Å². The zero-order valence-corrected chi connectivity index (χ0v) is 11.3. The SMILES string of the molecule is CCNc1c(C)c(C(F)(F)F)nc2c(C)cc(F)cc12. The van der Waals surface area contributed by atoms with Crippen molar-refractivity contribution in [1.82, 2.24) is 4.98 Å². The smallest absolute Gasteiger partial charge is 0.385 e. The third-order valence-electron chi connectivity index (χ3n) is 3.11. The minimum Gasteiger partial charge on any atom is -0.385 e. The monoisotopic (exact) mass is 286 g/mol. The van der Waals surface area contributed by atoms with E-state index < -0.39 is 17.7 Å². The lowest BCUT2D eigenvalue weighted by atomic mass is 10.0. The first kappa shape index (κ1) is 14.6. The van der Waals surface area contributed by atoms with Crippen LogP contribution in [0.5, 0.6) is 0 Å². The molecule has 0 spiro atoms. The number of nitrogens with one attached hydrogen (secondary N) is 1. The second-order valence-corrected chi connectivity index (χ2v) is 4.61. The second kappa shape index (κ2) is 4.92. The van der Waals surface area contributed by atoms with E-state index in [1.807, 2.05) is 0 Å². The number of anilines is 1. The van der Waals surface area contributed by atoms with E-state index in [0.29, 0.717) is 17.5 Å². The Hall–Kier alpha value is -1.85. The summed E-state index contributed by atoms with van der Waals surface area (Å²) in [5.74, 6) is -0.491. The Morgan fingerprint density at radius 3 is 2.40 bits per heavy atom. The minimum absolute atomic E-state index is 0.0168. The van der Waals surface area contributed by atoms with E-state index in [1.165, 1.54) is 19.1 Å². The molecule has 2 rings (SSSR count). The van der Waals surface area contributed by atoms with Crippen LogP contribution in [0.15, 0.2) is 12.1 Å². The zero-order valence-electron chi connectivity index (χ0n) is 11.3. The third-order valence-corrected chi connectivity index (χ3v) is 3.11. The Morgan fingerprint density at radius 2 is 1.85 bits per heavy atom. The summed E-state index contributed by atoms with van der Waals surface area (Å²) in [5.41, 5.74) is -0.120. The van der Waals surface area contributed by atoms with Crippen LogP contribution < -0.4 is 5.32 Å². The van der Waals surface area contributed by atoms with Gasteiger partial charge in [0.15, 0.2) is 0 Å². The predicted octanol–water partition coefficient (Wildman–Crippen LogP) is 4.44. The van der Waals surface area contributed by atoms with E-state index in [1.54, 1.807) is 13.8 Å². The Labute approximate surface area is 113 Å². The van der Waals surface area contributed by atoms with Gasteiger partial charge in [0.1, 0.15) is 11.5 Å². The van der Waals surface area contributed by atoms with Gasteiger partial charge in [-0.2, -0.15) is 13.2 Å². The Kier molecular flexibility index (Phi) is 3.58. The van der Waals surface area contributed by atoms with E-state index >= 15 is 0 Å². The highest BCUT2D eigenvalue weighted by Gasteiger charge is 2.36. The van der Waals surface area contributed by atoms with E-state index in [0.717, 1.165) is 0 Å². The van der Waals surface area contributed by atoms with Crippen LogP contribution in [0, 0.1) is 19.7 Å². The van der Waals surface area contributed by atoms with E-state index in [4.69, 9.17) is 0 Å². The lowest BCUT2D eigenvalue weighted by Gasteiger charge is -2.17. The number of aromatic nitrogens is 1. The number of benzene rings is 1. The van der Waals surface area contributed by atoms with Gasteiger partial charge in [0, 0.05) is 23.2 Å². The number of hydrogen-bond donors (Lipinski definition) is 1. The standard InChI is InChI=1S/C14H14F4N2/c1-4-19-12-8(3)13(14(16,17)18)20-11-7(2)5-9(15)6-10(11)12/h5-6H,4H2,1-3H3,(H,19,20). The van der Waals surface area contributed by atoms with E-state index in [-0.39, 0.29) is 16.8 Å². The number of halogens is 4. The molecule has 0 amide bonds. The first-order valence-electron chi connectivity index (χ1n) is 6.17. The van der Waals surface area contributed by atoms with Gasteiger partial charge >= 0.3 is 6.18 Å². The number of fused-ring (bicyclic) bond motifs is 1. The van der Waals surface area contributed by atoms with Crippen molar-refractivity contribution in [3.05, 3.63) is 34.8 Å². The molecule has 0 unspecified atom stereocenters. The molecular formula is C14H14F4N2. The first-order valence-corrected chi connectivity index (χ1v) is 6.17. The molecule has 1 N–H and O–H groups in total. The van der Waals surface area contributed by atoms with Crippen LogP contribution in [0.1, 0.15) is 23.7 Å². The predicted molar refractivity (Wildman–Crippen MR) is 70.3 cm³/mol. The Bertz CT molecular complexity index is 662. The third kappa shape index (κ3) is 2.42. The van der Waals surface area contributed by atoms with Gasteiger partial charge in [0.2, 0.25) is 0 Å². The maximum atomic E-state index is 13.5. The average Bonchev–Trinajstić information content (AvgIpc) is 2.31. The topological polar surface area (TPSA) is 24.9 Å². The molecule has 108 valence electrons. The van der Waals surface area contributed by atoms with Crippen LogP contribution >= 0.6 is 0 Å². The van der Waals surface area contributed by atoms with Crippen molar-refractivity contribution in [2.75, 3.05) is 11.9 Å². The molecule has 0 bridgehead atoms. The molecule has 1 heterocycles. The van der Waals surface area contributed by atoms with Gasteiger partial charge in [-0.05, 0) is 38.5 Å². The molecule has 0 radical (unpaired) electrons. The fraction of sp³-hybridized carbons (Fsp3) is 0.357. The second-order valence-electron chi connectivity index (χ2n) is 4.61. The van der Waals surface area contributed by atoms with Gasteiger partial charge in [0.25, 0.3) is 0 Å². The largest absolute Gasteiger partial charge is 0.433 e. The molecule has 0 saturated carbocycles. The number of pyridine rings is 1. The number of alkyl halides is 3. The summed E-state index contributed by atoms with van der Waals surface area (Å²) in [6.07, 6.45) is -4.54. The van der Waals surface area contributed by atoms with Crippen molar-refractivity contribution in [3.8, 4) is 0 Å². The lowest BCUT2D eigenvalue weighted by Crippen LogP contribution is -2.14. The molecule has 0 aliphatic carbocycles. The first-order chi connectivity index (χ1) is 9.25. The molecular weight excluding hydrogens is 272 g/mol. The van der Waals surface area contributed by atoms with Crippen molar-refractivity contribution in [3.63, 3.8) is 0 Å². The summed E-state index contributed by atoms with van der Waals surface area (Å²) in [6.45, 7) is 5.09. The van der Waals surface area contributed by atoms with Crippen LogP contribution in [0.4, 0.5) is 23.2 Å². The van der Waals surface area contributed by atoms with E-state index in [2.05, 4.69) is 10.3 Å². The highest BCUT2D eigenvalue weighted by atomic mass is 19.4. The minimum atomic E-state index is -4.54. The van der Waals surface area contributed by atoms with Crippen molar-refractivity contribution >= 4 is 16.6 Å². The molecule has 2 aromatic rings. The Morgan fingerprint density at radius 1 is 1.20 bits per heavy atom. The highest BCUT2D eigenvalue weighted by Crippen LogP contribution is 2.38. The maximum Gasteiger partial charge on any atom is 0.433 e. The fourth-order valence-electron chi connectivity index (χ4n) is 2.27. The van der Waals surface area contributed by atoms with Gasteiger partial charge in [-0.25, -0.2) is 9.37 Å². The van der Waals surface area contributed by atoms with Crippen molar-refractivity contribution in [2.45, 2.75) is 26.9 Å². The molecule has 0 saturated heterocycles. The van der Waals surface area contributed by atoms with Gasteiger partial charge in [-0.1, -0.05) is 0 Å². The molecule has 6 heteroatoms. The van der Waals surface area contributed by atoms with Crippen molar-refractivity contribution in [2.24, 2.45) is 0 Å². The summed E-state index contributed by atoms with van der Waals surface area (Å²) < 4.78 is 52.6. The summed E-state index contributed by atoms with van der Waals surface area (Å²) >= 11 is 0. The average molecular weight is 286 g/mol. The van der Waals surface area contributed by atoms with Crippen LogP contribution in [-0.2, 0) is 6.18 Å². The zero-order chi connectivity index (χ0) is 15.1. The van der Waals surface area contributed by atoms with Crippen molar-refractivity contribution in [1.29, 1.82) is 0 Å². The molecule has 0 atom stereocenters. The molecule has 0 aliphatic heterocycles. The number of nitrogens with zero attached hydrogens (tertiary/aromatic N) is 1. The Balaban J connectivity index is 2.91. The molecule has 1 aromatic heterocycles.